The molecule has 3 rings (SSSR count). The Kier molecular flexibility index (Phi) is 4.03. The van der Waals surface area contributed by atoms with E-state index in [-0.39, 0.29) is 12.5 Å². The first-order chi connectivity index (χ1) is 9.81. The van der Waals surface area contributed by atoms with Gasteiger partial charge in [-0.3, -0.25) is 4.79 Å². The van der Waals surface area contributed by atoms with Gasteiger partial charge in [-0.05, 0) is 23.1 Å². The van der Waals surface area contributed by atoms with E-state index in [0.717, 1.165) is 24.5 Å². The van der Waals surface area contributed by atoms with Crippen molar-refractivity contribution in [1.82, 2.24) is 25.5 Å². The molecule has 7 nitrogen and oxygen atoms in total. The molecule has 1 N–H and O–H groups in total. The van der Waals surface area contributed by atoms with Crippen molar-refractivity contribution in [3.05, 3.63) is 17.5 Å². The van der Waals surface area contributed by atoms with Crippen LogP contribution < -0.4 is 5.32 Å². The van der Waals surface area contributed by atoms with E-state index in [9.17, 15) is 4.79 Å². The molecule has 1 aliphatic heterocycles. The summed E-state index contributed by atoms with van der Waals surface area (Å²) in [5.41, 5.74) is 0. The second-order valence-electron chi connectivity index (χ2n) is 4.65. The molecule has 1 saturated heterocycles. The molecule has 1 aliphatic rings. The molecule has 0 unspecified atom stereocenters. The van der Waals surface area contributed by atoms with Gasteiger partial charge in [0.1, 0.15) is 6.54 Å². The van der Waals surface area contributed by atoms with Crippen molar-refractivity contribution in [2.24, 2.45) is 5.92 Å². The van der Waals surface area contributed by atoms with E-state index < -0.39 is 0 Å². The number of nitrogens with zero attached hydrogens (tertiary/aromatic N) is 4. The van der Waals surface area contributed by atoms with Crippen molar-refractivity contribution in [3.63, 3.8) is 0 Å². The maximum Gasteiger partial charge on any atom is 0.243 e. The van der Waals surface area contributed by atoms with Gasteiger partial charge in [0.15, 0.2) is 0 Å². The summed E-state index contributed by atoms with van der Waals surface area (Å²) in [6.45, 7) is 2.25. The Bertz CT molecular complexity index is 562. The SMILES string of the molecule is O=C(Cn1nnc(-c2cccs2)n1)NC[C@H]1CCOC1. The lowest BCUT2D eigenvalue weighted by Crippen LogP contribution is -2.32. The van der Waals surface area contributed by atoms with Gasteiger partial charge in [-0.15, -0.1) is 21.5 Å². The molecule has 0 saturated carbocycles. The third-order valence-corrected chi connectivity index (χ3v) is 3.96. The van der Waals surface area contributed by atoms with E-state index in [4.69, 9.17) is 4.74 Å². The first-order valence-electron chi connectivity index (χ1n) is 6.47. The summed E-state index contributed by atoms with van der Waals surface area (Å²) in [6.07, 6.45) is 1.00. The van der Waals surface area contributed by atoms with Crippen LogP contribution in [-0.4, -0.2) is 45.9 Å². The summed E-state index contributed by atoms with van der Waals surface area (Å²) < 4.78 is 5.26. The minimum Gasteiger partial charge on any atom is -0.381 e. The number of rotatable bonds is 5. The van der Waals surface area contributed by atoms with Gasteiger partial charge in [-0.25, -0.2) is 0 Å². The minimum atomic E-state index is -0.105. The Balaban J connectivity index is 1.51. The number of nitrogens with one attached hydrogen (secondary N) is 1. The van der Waals surface area contributed by atoms with Crippen LogP contribution >= 0.6 is 11.3 Å². The molecule has 0 aromatic carbocycles. The molecule has 8 heteroatoms. The number of carbonyl (C=O) groups excluding carboxylic acids is 1. The van der Waals surface area contributed by atoms with Crippen LogP contribution in [0.2, 0.25) is 0 Å². The van der Waals surface area contributed by atoms with E-state index in [2.05, 4.69) is 20.7 Å². The van der Waals surface area contributed by atoms with Crippen molar-refractivity contribution in [3.8, 4) is 10.7 Å². The van der Waals surface area contributed by atoms with Gasteiger partial charge < -0.3 is 10.1 Å². The summed E-state index contributed by atoms with van der Waals surface area (Å²) in [5, 5.41) is 16.8. The van der Waals surface area contributed by atoms with E-state index in [1.807, 2.05) is 17.5 Å². The number of carbonyl (C=O) groups is 1. The first-order valence-corrected chi connectivity index (χ1v) is 7.35. The number of hydrogen-bond acceptors (Lipinski definition) is 6. The van der Waals surface area contributed by atoms with Crippen molar-refractivity contribution in [2.45, 2.75) is 13.0 Å². The van der Waals surface area contributed by atoms with E-state index in [0.29, 0.717) is 18.3 Å². The number of hydrogen-bond donors (Lipinski definition) is 1. The maximum atomic E-state index is 11.8. The van der Waals surface area contributed by atoms with Gasteiger partial charge in [-0.2, -0.15) is 4.80 Å². The molecule has 0 aliphatic carbocycles. The lowest BCUT2D eigenvalue weighted by Gasteiger charge is -2.08. The standard InChI is InChI=1S/C12H15N5O2S/c18-11(13-6-9-3-4-19-8-9)7-17-15-12(14-16-17)10-2-1-5-20-10/h1-2,5,9H,3-4,6-8H2,(H,13,18)/t9-/m1/s1. The molecule has 106 valence electrons. The molecule has 20 heavy (non-hydrogen) atoms. The number of aromatic nitrogens is 4. The fraction of sp³-hybridized carbons (Fsp3) is 0.500. The molecule has 0 radical (unpaired) electrons. The van der Waals surface area contributed by atoms with E-state index in [1.54, 1.807) is 11.3 Å². The lowest BCUT2D eigenvalue weighted by atomic mass is 10.1. The number of amides is 1. The summed E-state index contributed by atoms with van der Waals surface area (Å²) in [6, 6.07) is 3.85. The predicted octanol–water partition coefficient (Wildman–Crippen LogP) is 0.554. The van der Waals surface area contributed by atoms with Crippen LogP contribution in [0.5, 0.6) is 0 Å². The molecule has 0 spiro atoms. The van der Waals surface area contributed by atoms with Gasteiger partial charge in [0.05, 0.1) is 11.5 Å². The van der Waals surface area contributed by atoms with Gasteiger partial charge in [-0.1, -0.05) is 6.07 Å². The van der Waals surface area contributed by atoms with Crippen molar-refractivity contribution in [2.75, 3.05) is 19.8 Å². The van der Waals surface area contributed by atoms with E-state index >= 15 is 0 Å². The van der Waals surface area contributed by atoms with E-state index in [1.165, 1.54) is 4.80 Å². The van der Waals surface area contributed by atoms with Gasteiger partial charge in [0.25, 0.3) is 0 Å². The fourth-order valence-corrected chi connectivity index (χ4v) is 2.65. The zero-order chi connectivity index (χ0) is 13.8. The summed E-state index contributed by atoms with van der Waals surface area (Å²) in [5.74, 6) is 0.869. The largest absolute Gasteiger partial charge is 0.381 e. The predicted molar refractivity (Wildman–Crippen MR) is 73.1 cm³/mol. The van der Waals surface area contributed by atoms with Crippen LogP contribution in [0.1, 0.15) is 6.42 Å². The van der Waals surface area contributed by atoms with Crippen LogP contribution in [0.4, 0.5) is 0 Å². The highest BCUT2D eigenvalue weighted by Gasteiger charge is 2.17. The average Bonchev–Trinajstić information content (AvgIpc) is 3.18. The zero-order valence-corrected chi connectivity index (χ0v) is 11.7. The third-order valence-electron chi connectivity index (χ3n) is 3.09. The first kappa shape index (κ1) is 13.2. The maximum absolute atomic E-state index is 11.8. The molecular weight excluding hydrogens is 278 g/mol. The van der Waals surface area contributed by atoms with Crippen LogP contribution in [0.3, 0.4) is 0 Å². The normalized spacial score (nSPS) is 18.3. The number of ether oxygens (including phenoxy) is 1. The molecule has 1 amide bonds. The van der Waals surface area contributed by atoms with Crippen molar-refractivity contribution in [1.29, 1.82) is 0 Å². The Morgan fingerprint density at radius 2 is 2.55 bits per heavy atom. The highest BCUT2D eigenvalue weighted by Crippen LogP contribution is 2.19. The fourth-order valence-electron chi connectivity index (χ4n) is 2.00. The van der Waals surface area contributed by atoms with Crippen molar-refractivity contribution < 1.29 is 9.53 Å². The Morgan fingerprint density at radius 1 is 1.60 bits per heavy atom. The second-order valence-corrected chi connectivity index (χ2v) is 5.60. The quantitative estimate of drug-likeness (QED) is 0.871. The molecular formula is C12H15N5O2S. The molecule has 0 bridgehead atoms. The summed E-state index contributed by atoms with van der Waals surface area (Å²) in [4.78, 5) is 14.0. The molecule has 2 aromatic rings. The van der Waals surface area contributed by atoms with Gasteiger partial charge >= 0.3 is 0 Å². The molecule has 2 aromatic heterocycles. The Hall–Kier alpha value is -1.80. The molecule has 3 heterocycles. The monoisotopic (exact) mass is 293 g/mol. The lowest BCUT2D eigenvalue weighted by molar-refractivity contribution is -0.122. The van der Waals surface area contributed by atoms with Crippen LogP contribution in [-0.2, 0) is 16.1 Å². The molecule has 1 fully saturated rings. The smallest absolute Gasteiger partial charge is 0.243 e. The zero-order valence-electron chi connectivity index (χ0n) is 10.9. The van der Waals surface area contributed by atoms with Crippen molar-refractivity contribution >= 4 is 17.2 Å². The number of thiophene rings is 1. The third kappa shape index (κ3) is 3.20. The van der Waals surface area contributed by atoms with Crippen LogP contribution in [0.25, 0.3) is 10.7 Å². The Morgan fingerprint density at radius 3 is 3.30 bits per heavy atom. The average molecular weight is 293 g/mol. The topological polar surface area (TPSA) is 81.9 Å². The van der Waals surface area contributed by atoms with Crippen LogP contribution in [0, 0.1) is 5.92 Å². The molecule has 1 atom stereocenters. The summed E-state index contributed by atoms with van der Waals surface area (Å²) in [7, 11) is 0. The number of tetrazole rings is 1. The summed E-state index contributed by atoms with van der Waals surface area (Å²) >= 11 is 1.54. The highest BCUT2D eigenvalue weighted by atomic mass is 32.1. The van der Waals surface area contributed by atoms with Crippen LogP contribution in [0.15, 0.2) is 17.5 Å². The second kappa shape index (κ2) is 6.10. The minimum absolute atomic E-state index is 0.0892. The Labute approximate surface area is 119 Å². The van der Waals surface area contributed by atoms with Gasteiger partial charge in [0, 0.05) is 19.1 Å². The van der Waals surface area contributed by atoms with Gasteiger partial charge in [0.2, 0.25) is 11.7 Å². The highest BCUT2D eigenvalue weighted by molar-refractivity contribution is 7.13.